The number of carbonyl (C=O) groups excluding carboxylic acids is 1. The van der Waals surface area contributed by atoms with Crippen molar-refractivity contribution in [3.63, 3.8) is 0 Å². The zero-order chi connectivity index (χ0) is 16.1. The molecule has 2 saturated heterocycles. The van der Waals surface area contributed by atoms with Gasteiger partial charge in [-0.05, 0) is 32.7 Å². The predicted molar refractivity (Wildman–Crippen MR) is 88.9 cm³/mol. The van der Waals surface area contributed by atoms with Gasteiger partial charge in [0.25, 0.3) is 0 Å². The smallest absolute Gasteiger partial charge is 0.236 e. The molecule has 1 atom stereocenters. The number of likely N-dealkylation sites (tertiary alicyclic amines) is 1. The second kappa shape index (κ2) is 7.84. The van der Waals surface area contributed by atoms with Crippen LogP contribution in [0, 0.1) is 0 Å². The molecule has 1 amide bonds. The van der Waals surface area contributed by atoms with Crippen molar-refractivity contribution < 1.29 is 4.79 Å². The average molecular weight is 317 g/mol. The maximum Gasteiger partial charge on any atom is 0.236 e. The van der Waals surface area contributed by atoms with Crippen molar-refractivity contribution in [3.8, 4) is 0 Å². The third-order valence-corrected chi connectivity index (χ3v) is 5.00. The third-order valence-electron chi connectivity index (χ3n) is 5.00. The minimum Gasteiger partial charge on any atom is -0.342 e. The van der Waals surface area contributed by atoms with Gasteiger partial charge in [0.1, 0.15) is 0 Å². The third kappa shape index (κ3) is 4.26. The van der Waals surface area contributed by atoms with Crippen LogP contribution >= 0.6 is 0 Å². The van der Waals surface area contributed by atoms with Gasteiger partial charge in [-0.1, -0.05) is 0 Å². The molecule has 0 bridgehead atoms. The summed E-state index contributed by atoms with van der Waals surface area (Å²) in [4.78, 5) is 27.7. The van der Waals surface area contributed by atoms with Crippen LogP contribution in [-0.4, -0.2) is 76.4 Å². The fraction of sp³-hybridized carbons (Fsp3) is 0.706. The molecule has 0 spiro atoms. The molecule has 6 heteroatoms. The quantitative estimate of drug-likeness (QED) is 0.834. The van der Waals surface area contributed by atoms with E-state index in [1.165, 1.54) is 0 Å². The Kier molecular flexibility index (Phi) is 5.56. The Morgan fingerprint density at radius 1 is 1.09 bits per heavy atom. The van der Waals surface area contributed by atoms with E-state index in [0.29, 0.717) is 12.5 Å². The number of aromatic nitrogens is 2. The minimum atomic E-state index is 0.276. The molecule has 0 aromatic carbocycles. The first-order valence-corrected chi connectivity index (χ1v) is 8.74. The summed E-state index contributed by atoms with van der Waals surface area (Å²) in [6, 6.07) is 0.276. The number of amides is 1. The summed E-state index contributed by atoms with van der Waals surface area (Å²) < 4.78 is 0. The SMILES string of the molecule is CC(c1cnccn1)N1CCCN(CC(=O)N2CCCC2)CC1. The van der Waals surface area contributed by atoms with Gasteiger partial charge in [-0.2, -0.15) is 0 Å². The fourth-order valence-corrected chi connectivity index (χ4v) is 3.51. The molecule has 3 heterocycles. The molecule has 2 fully saturated rings. The summed E-state index contributed by atoms with van der Waals surface area (Å²) in [6.07, 6.45) is 8.74. The van der Waals surface area contributed by atoms with Gasteiger partial charge in [-0.15, -0.1) is 0 Å². The van der Waals surface area contributed by atoms with Crippen LogP contribution in [-0.2, 0) is 4.79 Å². The first-order valence-electron chi connectivity index (χ1n) is 8.74. The van der Waals surface area contributed by atoms with Crippen LogP contribution in [0.25, 0.3) is 0 Å². The summed E-state index contributed by atoms with van der Waals surface area (Å²) >= 11 is 0. The van der Waals surface area contributed by atoms with Crippen molar-refractivity contribution in [2.24, 2.45) is 0 Å². The number of hydrogen-bond donors (Lipinski definition) is 0. The van der Waals surface area contributed by atoms with Crippen molar-refractivity contribution in [3.05, 3.63) is 24.3 Å². The second-order valence-corrected chi connectivity index (χ2v) is 6.56. The molecule has 0 radical (unpaired) electrons. The number of carbonyl (C=O) groups is 1. The molecule has 1 unspecified atom stereocenters. The summed E-state index contributed by atoms with van der Waals surface area (Å²) in [6.45, 7) is 8.64. The lowest BCUT2D eigenvalue weighted by Crippen LogP contribution is -2.40. The first kappa shape index (κ1) is 16.3. The van der Waals surface area contributed by atoms with E-state index in [9.17, 15) is 4.79 Å². The molecule has 126 valence electrons. The Labute approximate surface area is 138 Å². The molecule has 1 aromatic heterocycles. The Morgan fingerprint density at radius 2 is 1.91 bits per heavy atom. The van der Waals surface area contributed by atoms with Crippen molar-refractivity contribution >= 4 is 5.91 Å². The summed E-state index contributed by atoms with van der Waals surface area (Å²) in [5, 5.41) is 0. The van der Waals surface area contributed by atoms with E-state index in [-0.39, 0.29) is 6.04 Å². The highest BCUT2D eigenvalue weighted by molar-refractivity contribution is 5.78. The topological polar surface area (TPSA) is 52.6 Å². The van der Waals surface area contributed by atoms with Crippen molar-refractivity contribution in [2.75, 3.05) is 45.8 Å². The van der Waals surface area contributed by atoms with Crippen LogP contribution in [0.15, 0.2) is 18.6 Å². The van der Waals surface area contributed by atoms with Gasteiger partial charge in [-0.25, -0.2) is 0 Å². The Morgan fingerprint density at radius 3 is 2.65 bits per heavy atom. The molecule has 0 N–H and O–H groups in total. The lowest BCUT2D eigenvalue weighted by Gasteiger charge is -2.27. The van der Waals surface area contributed by atoms with Gasteiger partial charge < -0.3 is 4.90 Å². The highest BCUT2D eigenvalue weighted by atomic mass is 16.2. The highest BCUT2D eigenvalue weighted by Gasteiger charge is 2.24. The second-order valence-electron chi connectivity index (χ2n) is 6.56. The molecule has 0 aliphatic carbocycles. The first-order chi connectivity index (χ1) is 11.2. The summed E-state index contributed by atoms with van der Waals surface area (Å²) in [7, 11) is 0. The normalized spacial score (nSPS) is 22.0. The standard InChI is InChI=1S/C17H27N5O/c1-15(16-13-18-5-6-19-16)21-10-4-7-20(11-12-21)14-17(23)22-8-2-3-9-22/h5-6,13,15H,2-4,7-12,14H2,1H3. The highest BCUT2D eigenvalue weighted by Crippen LogP contribution is 2.19. The summed E-state index contributed by atoms with van der Waals surface area (Å²) in [5.74, 6) is 0.304. The van der Waals surface area contributed by atoms with E-state index in [2.05, 4.69) is 26.7 Å². The number of nitrogens with zero attached hydrogens (tertiary/aromatic N) is 5. The average Bonchev–Trinajstić information content (AvgIpc) is 3.03. The van der Waals surface area contributed by atoms with Gasteiger partial charge in [0.05, 0.1) is 18.3 Å². The van der Waals surface area contributed by atoms with E-state index < -0.39 is 0 Å². The Hall–Kier alpha value is -1.53. The van der Waals surface area contributed by atoms with E-state index >= 15 is 0 Å². The molecular formula is C17H27N5O. The predicted octanol–water partition coefficient (Wildman–Crippen LogP) is 1.17. The maximum absolute atomic E-state index is 12.3. The van der Waals surface area contributed by atoms with Gasteiger partial charge in [0.2, 0.25) is 5.91 Å². The van der Waals surface area contributed by atoms with Crippen molar-refractivity contribution in [1.29, 1.82) is 0 Å². The number of hydrogen-bond acceptors (Lipinski definition) is 5. The Balaban J connectivity index is 1.51. The van der Waals surface area contributed by atoms with Crippen LogP contribution < -0.4 is 0 Å². The van der Waals surface area contributed by atoms with E-state index in [1.807, 2.05) is 11.1 Å². The van der Waals surface area contributed by atoms with Crippen LogP contribution in [0.4, 0.5) is 0 Å². The maximum atomic E-state index is 12.3. The minimum absolute atomic E-state index is 0.276. The van der Waals surface area contributed by atoms with Gasteiger partial charge in [-0.3, -0.25) is 24.6 Å². The van der Waals surface area contributed by atoms with Crippen LogP contribution in [0.1, 0.15) is 37.9 Å². The number of rotatable bonds is 4. The lowest BCUT2D eigenvalue weighted by atomic mass is 10.2. The van der Waals surface area contributed by atoms with Gasteiger partial charge in [0.15, 0.2) is 0 Å². The molecular weight excluding hydrogens is 290 g/mol. The summed E-state index contributed by atoms with van der Waals surface area (Å²) in [5.41, 5.74) is 1.02. The zero-order valence-electron chi connectivity index (χ0n) is 14.0. The molecule has 1 aromatic rings. The molecule has 23 heavy (non-hydrogen) atoms. The van der Waals surface area contributed by atoms with Crippen molar-refractivity contribution in [2.45, 2.75) is 32.2 Å². The monoisotopic (exact) mass is 317 g/mol. The molecule has 2 aliphatic heterocycles. The molecule has 2 aliphatic rings. The lowest BCUT2D eigenvalue weighted by molar-refractivity contribution is -0.131. The van der Waals surface area contributed by atoms with E-state index in [4.69, 9.17) is 0 Å². The van der Waals surface area contributed by atoms with E-state index in [1.54, 1.807) is 12.4 Å². The fourth-order valence-electron chi connectivity index (χ4n) is 3.51. The Bertz CT molecular complexity index is 503. The van der Waals surface area contributed by atoms with Gasteiger partial charge in [0, 0.05) is 51.3 Å². The molecule has 0 saturated carbocycles. The van der Waals surface area contributed by atoms with Crippen LogP contribution in [0.2, 0.25) is 0 Å². The van der Waals surface area contributed by atoms with Crippen LogP contribution in [0.3, 0.4) is 0 Å². The largest absolute Gasteiger partial charge is 0.342 e. The van der Waals surface area contributed by atoms with E-state index in [0.717, 1.165) is 64.2 Å². The van der Waals surface area contributed by atoms with Gasteiger partial charge >= 0.3 is 0 Å². The molecule has 3 rings (SSSR count). The van der Waals surface area contributed by atoms with Crippen LogP contribution in [0.5, 0.6) is 0 Å². The molecule has 6 nitrogen and oxygen atoms in total. The zero-order valence-corrected chi connectivity index (χ0v) is 14.0. The van der Waals surface area contributed by atoms with Crippen molar-refractivity contribution in [1.82, 2.24) is 24.7 Å².